The SMILES string of the molecule is CCNC(c1ccccc1)c1ccc(Cl)cc1Br. The molecule has 2 aromatic carbocycles. The predicted molar refractivity (Wildman–Crippen MR) is 81.1 cm³/mol. The smallest absolute Gasteiger partial charge is 0.0587 e. The molecular formula is C15H15BrClN. The molecule has 1 N–H and O–H groups in total. The maximum Gasteiger partial charge on any atom is 0.0587 e. The Morgan fingerprint density at radius 1 is 1.17 bits per heavy atom. The van der Waals surface area contributed by atoms with Crippen molar-refractivity contribution in [2.75, 3.05) is 6.54 Å². The van der Waals surface area contributed by atoms with E-state index in [1.807, 2.05) is 18.2 Å². The van der Waals surface area contributed by atoms with Crippen molar-refractivity contribution in [3.05, 3.63) is 69.2 Å². The Kier molecular flexibility index (Phi) is 4.81. The van der Waals surface area contributed by atoms with E-state index in [1.54, 1.807) is 0 Å². The van der Waals surface area contributed by atoms with E-state index in [2.05, 4.69) is 58.5 Å². The number of hydrogen-bond donors (Lipinski definition) is 1. The molecule has 0 aliphatic rings. The third-order valence-electron chi connectivity index (χ3n) is 2.81. The van der Waals surface area contributed by atoms with E-state index < -0.39 is 0 Å². The Morgan fingerprint density at radius 3 is 2.50 bits per heavy atom. The van der Waals surface area contributed by atoms with Crippen LogP contribution >= 0.6 is 27.5 Å². The van der Waals surface area contributed by atoms with Crippen LogP contribution in [0.25, 0.3) is 0 Å². The van der Waals surface area contributed by atoms with E-state index in [0.29, 0.717) is 0 Å². The zero-order chi connectivity index (χ0) is 13.0. The predicted octanol–water partition coefficient (Wildman–Crippen LogP) is 4.80. The van der Waals surface area contributed by atoms with Gasteiger partial charge in [0.1, 0.15) is 0 Å². The molecule has 0 radical (unpaired) electrons. The lowest BCUT2D eigenvalue weighted by molar-refractivity contribution is 0.628. The van der Waals surface area contributed by atoms with Gasteiger partial charge in [0.2, 0.25) is 0 Å². The Hall–Kier alpha value is -0.830. The molecule has 1 unspecified atom stereocenters. The van der Waals surface area contributed by atoms with Crippen LogP contribution in [0.2, 0.25) is 5.02 Å². The summed E-state index contributed by atoms with van der Waals surface area (Å²) in [6, 6.07) is 16.5. The summed E-state index contributed by atoms with van der Waals surface area (Å²) in [7, 11) is 0. The molecule has 3 heteroatoms. The second-order valence-corrected chi connectivity index (χ2v) is 5.36. The Balaban J connectivity index is 2.41. The van der Waals surface area contributed by atoms with Crippen molar-refractivity contribution in [1.82, 2.24) is 5.32 Å². The van der Waals surface area contributed by atoms with Crippen LogP contribution in [-0.4, -0.2) is 6.54 Å². The third-order valence-corrected chi connectivity index (χ3v) is 3.74. The lowest BCUT2D eigenvalue weighted by Gasteiger charge is -2.20. The van der Waals surface area contributed by atoms with Gasteiger partial charge in [-0.25, -0.2) is 0 Å². The number of benzene rings is 2. The number of nitrogens with one attached hydrogen (secondary N) is 1. The average molecular weight is 325 g/mol. The largest absolute Gasteiger partial charge is 0.306 e. The van der Waals surface area contributed by atoms with Gasteiger partial charge < -0.3 is 5.32 Å². The van der Waals surface area contributed by atoms with Crippen molar-refractivity contribution in [3.63, 3.8) is 0 Å². The van der Waals surface area contributed by atoms with Crippen LogP contribution in [-0.2, 0) is 0 Å². The first-order valence-electron chi connectivity index (χ1n) is 5.95. The molecular weight excluding hydrogens is 310 g/mol. The van der Waals surface area contributed by atoms with Gasteiger partial charge in [-0.3, -0.25) is 0 Å². The van der Waals surface area contributed by atoms with E-state index in [4.69, 9.17) is 11.6 Å². The number of hydrogen-bond acceptors (Lipinski definition) is 1. The van der Waals surface area contributed by atoms with Crippen LogP contribution in [0.4, 0.5) is 0 Å². The highest BCUT2D eigenvalue weighted by atomic mass is 79.9. The quantitative estimate of drug-likeness (QED) is 0.851. The summed E-state index contributed by atoms with van der Waals surface area (Å²) in [5.41, 5.74) is 2.45. The van der Waals surface area contributed by atoms with Crippen molar-refractivity contribution >= 4 is 27.5 Å². The van der Waals surface area contributed by atoms with Gasteiger partial charge in [-0.1, -0.05) is 70.9 Å². The summed E-state index contributed by atoms with van der Waals surface area (Å²) in [6.45, 7) is 3.02. The van der Waals surface area contributed by atoms with Crippen LogP contribution in [0.15, 0.2) is 53.0 Å². The van der Waals surface area contributed by atoms with E-state index in [9.17, 15) is 0 Å². The van der Waals surface area contributed by atoms with Crippen molar-refractivity contribution < 1.29 is 0 Å². The minimum atomic E-state index is 0.183. The van der Waals surface area contributed by atoms with Crippen LogP contribution in [0.3, 0.4) is 0 Å². The van der Waals surface area contributed by atoms with Gasteiger partial charge in [0.25, 0.3) is 0 Å². The molecule has 0 saturated heterocycles. The lowest BCUT2D eigenvalue weighted by Crippen LogP contribution is -2.22. The average Bonchev–Trinajstić information content (AvgIpc) is 2.38. The molecule has 18 heavy (non-hydrogen) atoms. The van der Waals surface area contributed by atoms with E-state index in [1.165, 1.54) is 11.1 Å². The van der Waals surface area contributed by atoms with Crippen molar-refractivity contribution in [1.29, 1.82) is 0 Å². The molecule has 0 aliphatic carbocycles. The van der Waals surface area contributed by atoms with Gasteiger partial charge in [0, 0.05) is 9.50 Å². The number of halogens is 2. The molecule has 0 fully saturated rings. The molecule has 2 rings (SSSR count). The van der Waals surface area contributed by atoms with Gasteiger partial charge >= 0.3 is 0 Å². The van der Waals surface area contributed by atoms with E-state index in [-0.39, 0.29) is 6.04 Å². The first kappa shape index (κ1) is 13.6. The molecule has 0 amide bonds. The first-order valence-corrected chi connectivity index (χ1v) is 7.12. The molecule has 0 aromatic heterocycles. The van der Waals surface area contributed by atoms with Gasteiger partial charge in [-0.05, 0) is 29.8 Å². The second kappa shape index (κ2) is 6.37. The van der Waals surface area contributed by atoms with Gasteiger partial charge in [0.15, 0.2) is 0 Å². The molecule has 0 bridgehead atoms. The molecule has 0 heterocycles. The molecule has 0 saturated carbocycles. The van der Waals surface area contributed by atoms with Crippen molar-refractivity contribution in [2.45, 2.75) is 13.0 Å². The monoisotopic (exact) mass is 323 g/mol. The summed E-state index contributed by atoms with van der Waals surface area (Å²) >= 11 is 9.58. The normalized spacial score (nSPS) is 12.4. The number of rotatable bonds is 4. The minimum Gasteiger partial charge on any atom is -0.306 e. The van der Waals surface area contributed by atoms with E-state index in [0.717, 1.165) is 16.0 Å². The molecule has 0 spiro atoms. The van der Waals surface area contributed by atoms with Crippen LogP contribution < -0.4 is 5.32 Å². The molecule has 2 aromatic rings. The highest BCUT2D eigenvalue weighted by Gasteiger charge is 2.15. The summed E-state index contributed by atoms with van der Waals surface area (Å²) < 4.78 is 1.03. The maximum absolute atomic E-state index is 5.99. The fourth-order valence-electron chi connectivity index (χ4n) is 1.99. The highest BCUT2D eigenvalue weighted by molar-refractivity contribution is 9.10. The summed E-state index contributed by atoms with van der Waals surface area (Å²) in [6.07, 6.45) is 0. The van der Waals surface area contributed by atoms with Crippen LogP contribution in [0, 0.1) is 0 Å². The fraction of sp³-hybridized carbons (Fsp3) is 0.200. The second-order valence-electron chi connectivity index (χ2n) is 4.07. The standard InChI is InChI=1S/C15H15BrClN/c1-2-18-15(11-6-4-3-5-7-11)13-9-8-12(17)10-14(13)16/h3-10,15,18H,2H2,1H3. The summed E-state index contributed by atoms with van der Waals surface area (Å²) in [5, 5.41) is 4.25. The summed E-state index contributed by atoms with van der Waals surface area (Å²) in [5.74, 6) is 0. The lowest BCUT2D eigenvalue weighted by atomic mass is 9.99. The van der Waals surface area contributed by atoms with Crippen molar-refractivity contribution in [3.8, 4) is 0 Å². The zero-order valence-corrected chi connectivity index (χ0v) is 12.5. The van der Waals surface area contributed by atoms with E-state index >= 15 is 0 Å². The topological polar surface area (TPSA) is 12.0 Å². The highest BCUT2D eigenvalue weighted by Crippen LogP contribution is 2.30. The maximum atomic E-state index is 5.99. The third kappa shape index (κ3) is 3.14. The molecule has 1 atom stereocenters. The minimum absolute atomic E-state index is 0.183. The molecule has 0 aliphatic heterocycles. The van der Waals surface area contributed by atoms with Crippen LogP contribution in [0.5, 0.6) is 0 Å². The summed E-state index contributed by atoms with van der Waals surface area (Å²) in [4.78, 5) is 0. The Bertz CT molecular complexity index is 513. The zero-order valence-electron chi connectivity index (χ0n) is 10.2. The Labute approximate surface area is 121 Å². The fourth-order valence-corrected chi connectivity index (χ4v) is 2.90. The molecule has 1 nitrogen and oxygen atoms in total. The first-order chi connectivity index (χ1) is 8.72. The Morgan fingerprint density at radius 2 is 1.89 bits per heavy atom. The van der Waals surface area contributed by atoms with Gasteiger partial charge in [-0.2, -0.15) is 0 Å². The molecule has 94 valence electrons. The van der Waals surface area contributed by atoms with Gasteiger partial charge in [-0.15, -0.1) is 0 Å². The van der Waals surface area contributed by atoms with Crippen molar-refractivity contribution in [2.24, 2.45) is 0 Å². The van der Waals surface area contributed by atoms with Crippen LogP contribution in [0.1, 0.15) is 24.1 Å². The van der Waals surface area contributed by atoms with Gasteiger partial charge in [0.05, 0.1) is 6.04 Å².